The number of nitrogens with zero attached hydrogens (tertiary/aromatic N) is 4. The number of fused-ring (bicyclic) bond motifs is 1. The molecule has 2 atom stereocenters. The molecule has 0 radical (unpaired) electrons. The smallest absolute Gasteiger partial charge is 0.266 e. The van der Waals surface area contributed by atoms with Crippen LogP contribution in [0.15, 0.2) is 30.3 Å². The van der Waals surface area contributed by atoms with Crippen molar-refractivity contribution in [2.45, 2.75) is 49.9 Å². The van der Waals surface area contributed by atoms with Gasteiger partial charge in [0.25, 0.3) is 11.8 Å². The van der Waals surface area contributed by atoms with Crippen LogP contribution in [0.2, 0.25) is 0 Å². The van der Waals surface area contributed by atoms with Crippen LogP contribution in [0, 0.1) is 0 Å². The first-order valence-electron chi connectivity index (χ1n) is 11.9. The molecule has 2 fully saturated rings. The lowest BCUT2D eigenvalue weighted by molar-refractivity contribution is -0.324. The molecule has 5 rings (SSSR count). The topological polar surface area (TPSA) is 118 Å². The largest absolute Gasteiger partial charge is 0.495 e. The van der Waals surface area contributed by atoms with Gasteiger partial charge in [-0.3, -0.25) is 14.5 Å². The number of likely N-dealkylation sites (N-methyl/N-ethyl adjacent to an activating group) is 1. The van der Waals surface area contributed by atoms with E-state index in [9.17, 15) is 19.8 Å². The molecule has 2 aromatic rings. The summed E-state index contributed by atoms with van der Waals surface area (Å²) in [5, 5.41) is 24.3. The number of ether oxygens (including phenoxy) is 1. The Morgan fingerprint density at radius 2 is 2.00 bits per heavy atom. The molecule has 3 N–H and O–H groups in total. The van der Waals surface area contributed by atoms with Gasteiger partial charge in [-0.15, -0.1) is 11.8 Å². The van der Waals surface area contributed by atoms with E-state index < -0.39 is 16.6 Å². The lowest BCUT2D eigenvalue weighted by Crippen LogP contribution is -2.81. The van der Waals surface area contributed by atoms with Gasteiger partial charge in [0, 0.05) is 25.2 Å². The molecule has 0 aliphatic carbocycles. The number of hydrogen-bond acceptors (Lipinski definition) is 9. The van der Waals surface area contributed by atoms with Crippen molar-refractivity contribution in [2.24, 2.45) is 0 Å². The van der Waals surface area contributed by atoms with Crippen LogP contribution in [0.5, 0.6) is 5.75 Å². The van der Waals surface area contributed by atoms with Gasteiger partial charge in [0.15, 0.2) is 5.82 Å². The lowest BCUT2D eigenvalue weighted by Gasteiger charge is -2.63. The minimum Gasteiger partial charge on any atom is -0.495 e. The second-order valence-electron chi connectivity index (χ2n) is 9.77. The molecule has 10 nitrogen and oxygen atoms in total. The third kappa shape index (κ3) is 3.52. The van der Waals surface area contributed by atoms with E-state index in [1.165, 1.54) is 18.9 Å². The summed E-state index contributed by atoms with van der Waals surface area (Å²) in [5.41, 5.74) is 1.63. The fourth-order valence-corrected chi connectivity index (χ4v) is 6.38. The Kier molecular flexibility index (Phi) is 5.85. The third-order valence-corrected chi connectivity index (χ3v) is 8.93. The first kappa shape index (κ1) is 24.7. The first-order valence-corrected chi connectivity index (χ1v) is 12.9. The van der Waals surface area contributed by atoms with Gasteiger partial charge >= 0.3 is 0 Å². The van der Waals surface area contributed by atoms with Gasteiger partial charge in [0.05, 0.1) is 18.5 Å². The van der Waals surface area contributed by atoms with Crippen LogP contribution in [-0.4, -0.2) is 81.1 Å². The summed E-state index contributed by atoms with van der Waals surface area (Å²) in [7, 11) is 3.25. The van der Waals surface area contributed by atoms with Crippen molar-refractivity contribution >= 4 is 46.6 Å². The number of nitrogens with one attached hydrogen (secondary N) is 1. The number of thioether (sulfide) groups is 1. The Morgan fingerprint density at radius 3 is 2.58 bits per heavy atom. The van der Waals surface area contributed by atoms with E-state index in [1.54, 1.807) is 36.2 Å². The molecule has 2 saturated heterocycles. The number of methoxy groups -OCH3 is 1. The Bertz CT molecular complexity index is 1230. The van der Waals surface area contributed by atoms with Gasteiger partial charge in [0.2, 0.25) is 5.91 Å². The maximum Gasteiger partial charge on any atom is 0.266 e. The van der Waals surface area contributed by atoms with Crippen molar-refractivity contribution in [3.8, 4) is 5.75 Å². The molecule has 1 spiro atoms. The summed E-state index contributed by atoms with van der Waals surface area (Å²) < 4.78 is 4.86. The zero-order valence-electron chi connectivity index (χ0n) is 21.0. The van der Waals surface area contributed by atoms with Gasteiger partial charge in [0.1, 0.15) is 22.4 Å². The number of aliphatic hydroxyl groups is 2. The van der Waals surface area contributed by atoms with Crippen LogP contribution in [0.1, 0.15) is 37.6 Å². The van der Waals surface area contributed by atoms with E-state index in [1.807, 2.05) is 31.7 Å². The Labute approximate surface area is 214 Å². The fraction of sp³-hybridized carbons (Fsp3) is 0.480. The molecule has 0 bridgehead atoms. The van der Waals surface area contributed by atoms with E-state index in [0.717, 1.165) is 16.3 Å². The van der Waals surface area contributed by atoms with Gasteiger partial charge in [-0.1, -0.05) is 0 Å². The second kappa shape index (κ2) is 8.53. The molecule has 11 heteroatoms. The summed E-state index contributed by atoms with van der Waals surface area (Å²) in [6, 6.07) is 8.28. The molecule has 4 heterocycles. The van der Waals surface area contributed by atoms with E-state index in [-0.39, 0.29) is 18.0 Å². The lowest BCUT2D eigenvalue weighted by atomic mass is 9.87. The van der Waals surface area contributed by atoms with Crippen LogP contribution < -0.4 is 19.9 Å². The number of benzene rings is 1. The highest BCUT2D eigenvalue weighted by Crippen LogP contribution is 2.56. The van der Waals surface area contributed by atoms with Crippen LogP contribution in [-0.2, 0) is 4.79 Å². The average Bonchev–Trinajstić information content (AvgIpc) is 2.81. The average molecular weight is 514 g/mol. The van der Waals surface area contributed by atoms with Gasteiger partial charge < -0.3 is 30.1 Å². The summed E-state index contributed by atoms with van der Waals surface area (Å²) in [6.07, 6.45) is 0.672. The number of carbonyl (C=O) groups is 2. The van der Waals surface area contributed by atoms with Crippen LogP contribution >= 0.6 is 11.8 Å². The Balaban J connectivity index is 1.40. The number of amides is 2. The van der Waals surface area contributed by atoms with Crippen LogP contribution in [0.3, 0.4) is 0 Å². The summed E-state index contributed by atoms with van der Waals surface area (Å²) in [5.74, 6) is -0.0737. The van der Waals surface area contributed by atoms with E-state index >= 15 is 0 Å². The highest BCUT2D eigenvalue weighted by atomic mass is 32.2. The molecule has 3 aliphatic rings. The highest BCUT2D eigenvalue weighted by molar-refractivity contribution is 8.02. The molecule has 2 unspecified atom stereocenters. The fourth-order valence-electron chi connectivity index (χ4n) is 5.15. The van der Waals surface area contributed by atoms with Crippen LogP contribution in [0.25, 0.3) is 0 Å². The number of likely N-dealkylation sites (tertiary alicyclic amines) is 1. The van der Waals surface area contributed by atoms with Crippen molar-refractivity contribution in [1.29, 1.82) is 0 Å². The summed E-state index contributed by atoms with van der Waals surface area (Å²) in [6.45, 7) is 6.22. The third-order valence-electron chi connectivity index (χ3n) is 7.36. The molecule has 1 aromatic heterocycles. The normalized spacial score (nSPS) is 24.4. The minimum atomic E-state index is -2.15. The minimum absolute atomic E-state index is 0.0134. The molecule has 36 heavy (non-hydrogen) atoms. The number of pyridine rings is 1. The van der Waals surface area contributed by atoms with Gasteiger partial charge in [-0.2, -0.15) is 0 Å². The quantitative estimate of drug-likeness (QED) is 0.518. The highest BCUT2D eigenvalue weighted by Gasteiger charge is 2.69. The zero-order valence-corrected chi connectivity index (χ0v) is 21.8. The van der Waals surface area contributed by atoms with Crippen molar-refractivity contribution < 1.29 is 24.5 Å². The van der Waals surface area contributed by atoms with Crippen molar-refractivity contribution in [3.63, 3.8) is 0 Å². The van der Waals surface area contributed by atoms with Crippen LogP contribution in [0.4, 0.5) is 23.0 Å². The Hall–Kier alpha value is -3.02. The maximum absolute atomic E-state index is 13.0. The molecule has 192 valence electrons. The van der Waals surface area contributed by atoms with E-state index in [2.05, 4.69) is 5.32 Å². The molecule has 2 amide bonds. The predicted molar refractivity (Wildman–Crippen MR) is 139 cm³/mol. The first-order chi connectivity index (χ1) is 17.0. The maximum atomic E-state index is 13.0. The van der Waals surface area contributed by atoms with Crippen molar-refractivity contribution in [1.82, 2.24) is 9.88 Å². The summed E-state index contributed by atoms with van der Waals surface area (Å²) in [4.78, 5) is 35.2. The molecular formula is C25H31N5O5S. The number of hydrogen-bond donors (Lipinski definition) is 3. The zero-order chi connectivity index (χ0) is 26.0. The Morgan fingerprint density at radius 1 is 1.28 bits per heavy atom. The SMILES string of the molecule is COc1cc(C(=O)N2CC3(CCS3)C2(O)O)ccc1Nc1ccc2c(n1)N(C(C)C)C(C)C(=O)N2C. The molecule has 0 saturated carbocycles. The van der Waals surface area contributed by atoms with Crippen molar-refractivity contribution in [3.05, 3.63) is 35.9 Å². The molecule has 3 aliphatic heterocycles. The second-order valence-corrected chi connectivity index (χ2v) is 11.3. The standard InChI is InChI=1S/C25H31N5O5S/c1-14(2)30-15(3)22(31)28(4)18-8-9-20(27-21(18)30)26-17-7-6-16(12-19(17)35-5)23(32)29-13-24(10-11-36-24)25(29,33)34/h6-9,12,14-15,33-34H,10-11,13H2,1-5H3,(H,26,27). The van der Waals surface area contributed by atoms with Crippen molar-refractivity contribution in [2.75, 3.05) is 41.6 Å². The molecule has 1 aromatic carbocycles. The number of carbonyl (C=O) groups excluding carboxylic acids is 2. The van der Waals surface area contributed by atoms with Gasteiger partial charge in [-0.05, 0) is 63.3 Å². The van der Waals surface area contributed by atoms with Gasteiger partial charge in [-0.25, -0.2) is 4.98 Å². The number of anilines is 4. The van der Waals surface area contributed by atoms with E-state index in [4.69, 9.17) is 9.72 Å². The number of rotatable bonds is 5. The molecular weight excluding hydrogens is 482 g/mol. The number of aromatic nitrogens is 1. The monoisotopic (exact) mass is 513 g/mol. The summed E-state index contributed by atoms with van der Waals surface area (Å²) >= 11 is 1.48. The predicted octanol–water partition coefficient (Wildman–Crippen LogP) is 2.38. The van der Waals surface area contributed by atoms with E-state index in [0.29, 0.717) is 41.6 Å².